The van der Waals surface area contributed by atoms with Crippen molar-refractivity contribution in [3.63, 3.8) is 0 Å². The van der Waals surface area contributed by atoms with Crippen LogP contribution in [-0.2, 0) is 0 Å². The molecule has 1 unspecified atom stereocenters. The van der Waals surface area contributed by atoms with Gasteiger partial charge in [-0.15, -0.1) is 0 Å². The van der Waals surface area contributed by atoms with Crippen molar-refractivity contribution in [2.75, 3.05) is 7.11 Å². The summed E-state index contributed by atoms with van der Waals surface area (Å²) < 4.78 is 32.7. The second-order valence-electron chi connectivity index (χ2n) is 4.15. The summed E-state index contributed by atoms with van der Waals surface area (Å²) in [5.41, 5.74) is 6.59. The molecule has 0 amide bonds. The first-order chi connectivity index (χ1) is 9.43. The first-order valence-corrected chi connectivity index (χ1v) is 6.84. The van der Waals surface area contributed by atoms with Crippen molar-refractivity contribution < 1.29 is 13.5 Å². The van der Waals surface area contributed by atoms with Crippen molar-refractivity contribution in [2.45, 2.75) is 6.04 Å². The van der Waals surface area contributed by atoms with Crippen molar-refractivity contribution in [3.8, 4) is 5.75 Å². The average molecular weight is 363 g/mol. The number of ether oxygens (including phenoxy) is 1. The average Bonchev–Trinajstić information content (AvgIpc) is 2.42. The van der Waals surface area contributed by atoms with Gasteiger partial charge in [-0.1, -0.05) is 17.7 Å². The lowest BCUT2D eigenvalue weighted by atomic mass is 9.98. The molecule has 0 heterocycles. The maximum Gasteiger partial charge on any atom is 0.137 e. The molecule has 2 aromatic carbocycles. The summed E-state index contributed by atoms with van der Waals surface area (Å²) in [6.07, 6.45) is 0. The fourth-order valence-corrected chi connectivity index (χ4v) is 2.36. The molecule has 2 nitrogen and oxygen atoms in total. The molecule has 0 saturated heterocycles. The predicted molar refractivity (Wildman–Crippen MR) is 78.1 cm³/mol. The van der Waals surface area contributed by atoms with E-state index in [0.717, 1.165) is 12.1 Å². The predicted octanol–water partition coefficient (Wildman–Crippen LogP) is 4.44. The van der Waals surface area contributed by atoms with E-state index in [1.165, 1.54) is 7.11 Å². The smallest absolute Gasteiger partial charge is 0.137 e. The van der Waals surface area contributed by atoms with Crippen molar-refractivity contribution in [3.05, 3.63) is 62.6 Å². The molecule has 2 N–H and O–H groups in total. The Morgan fingerprint density at radius 1 is 1.15 bits per heavy atom. The molecular formula is C14H11BrClF2NO. The largest absolute Gasteiger partial charge is 0.496 e. The van der Waals surface area contributed by atoms with E-state index in [2.05, 4.69) is 15.9 Å². The van der Waals surface area contributed by atoms with Crippen LogP contribution in [0.4, 0.5) is 8.78 Å². The summed E-state index contributed by atoms with van der Waals surface area (Å²) in [7, 11) is 1.46. The summed E-state index contributed by atoms with van der Waals surface area (Å²) in [6, 6.07) is 6.08. The van der Waals surface area contributed by atoms with Gasteiger partial charge in [0.25, 0.3) is 0 Å². The fraction of sp³-hybridized carbons (Fsp3) is 0.143. The third kappa shape index (κ3) is 2.95. The van der Waals surface area contributed by atoms with E-state index < -0.39 is 17.7 Å². The van der Waals surface area contributed by atoms with Gasteiger partial charge in [0.05, 0.1) is 17.6 Å². The standard InChI is InChI=1S/C14H11BrClF2NO/c1-20-13-4-7(16)2-3-8(13)14(19)9-5-12(18)10(15)6-11(9)17/h2-6,14H,19H2,1H3. The number of benzene rings is 2. The topological polar surface area (TPSA) is 35.2 Å². The minimum absolute atomic E-state index is 0.0475. The van der Waals surface area contributed by atoms with E-state index in [4.69, 9.17) is 22.1 Å². The van der Waals surface area contributed by atoms with Gasteiger partial charge >= 0.3 is 0 Å². The fourth-order valence-electron chi connectivity index (χ4n) is 1.89. The van der Waals surface area contributed by atoms with Crippen LogP contribution in [0.15, 0.2) is 34.8 Å². The molecule has 0 saturated carbocycles. The quantitative estimate of drug-likeness (QED) is 0.820. The van der Waals surface area contributed by atoms with Crippen LogP contribution < -0.4 is 10.5 Å². The van der Waals surface area contributed by atoms with Crippen molar-refractivity contribution >= 4 is 27.5 Å². The molecule has 6 heteroatoms. The maximum absolute atomic E-state index is 13.9. The summed E-state index contributed by atoms with van der Waals surface area (Å²) in [5, 5.41) is 0.472. The van der Waals surface area contributed by atoms with Crippen LogP contribution in [0.3, 0.4) is 0 Å². The van der Waals surface area contributed by atoms with Crippen LogP contribution in [0.5, 0.6) is 5.75 Å². The van der Waals surface area contributed by atoms with Gasteiger partial charge in [0.15, 0.2) is 0 Å². The summed E-state index contributed by atoms with van der Waals surface area (Å²) in [6.45, 7) is 0. The zero-order chi connectivity index (χ0) is 14.9. The van der Waals surface area contributed by atoms with Crippen LogP contribution in [0.25, 0.3) is 0 Å². The Bertz CT molecular complexity index is 651. The molecule has 0 spiro atoms. The molecule has 0 bridgehead atoms. The highest BCUT2D eigenvalue weighted by Gasteiger charge is 2.19. The summed E-state index contributed by atoms with van der Waals surface area (Å²) in [5.74, 6) is -0.750. The molecular weight excluding hydrogens is 352 g/mol. The van der Waals surface area contributed by atoms with E-state index in [1.807, 2.05) is 0 Å². The number of nitrogens with two attached hydrogens (primary N) is 1. The summed E-state index contributed by atoms with van der Waals surface area (Å²) in [4.78, 5) is 0. The third-order valence-electron chi connectivity index (χ3n) is 2.91. The molecule has 0 aliphatic heterocycles. The second kappa shape index (κ2) is 6.08. The number of halogens is 4. The van der Waals surface area contributed by atoms with E-state index in [-0.39, 0.29) is 10.0 Å². The van der Waals surface area contributed by atoms with E-state index in [9.17, 15) is 8.78 Å². The van der Waals surface area contributed by atoms with Crippen molar-refractivity contribution in [2.24, 2.45) is 5.73 Å². The van der Waals surface area contributed by atoms with Crippen molar-refractivity contribution in [1.29, 1.82) is 0 Å². The minimum Gasteiger partial charge on any atom is -0.496 e. The molecule has 2 aromatic rings. The molecule has 2 rings (SSSR count). The highest BCUT2D eigenvalue weighted by molar-refractivity contribution is 9.10. The van der Waals surface area contributed by atoms with Crippen LogP contribution in [-0.4, -0.2) is 7.11 Å². The van der Waals surface area contributed by atoms with Crippen LogP contribution >= 0.6 is 27.5 Å². The summed E-state index contributed by atoms with van der Waals surface area (Å²) >= 11 is 8.79. The van der Waals surface area contributed by atoms with Gasteiger partial charge in [-0.2, -0.15) is 0 Å². The zero-order valence-corrected chi connectivity index (χ0v) is 12.8. The zero-order valence-electron chi connectivity index (χ0n) is 10.5. The number of rotatable bonds is 3. The SMILES string of the molecule is COc1cc(Cl)ccc1C(N)c1cc(F)c(Br)cc1F. The van der Waals surface area contributed by atoms with Gasteiger partial charge in [-0.25, -0.2) is 8.78 Å². The van der Waals surface area contributed by atoms with Crippen LogP contribution in [0.1, 0.15) is 17.2 Å². The Morgan fingerprint density at radius 3 is 2.50 bits per heavy atom. The van der Waals surface area contributed by atoms with E-state index >= 15 is 0 Å². The normalized spacial score (nSPS) is 12.3. The van der Waals surface area contributed by atoms with Gasteiger partial charge in [0, 0.05) is 16.1 Å². The highest BCUT2D eigenvalue weighted by atomic mass is 79.9. The van der Waals surface area contributed by atoms with Gasteiger partial charge < -0.3 is 10.5 Å². The number of hydrogen-bond donors (Lipinski definition) is 1. The van der Waals surface area contributed by atoms with E-state index in [1.54, 1.807) is 18.2 Å². The lowest BCUT2D eigenvalue weighted by molar-refractivity contribution is 0.407. The second-order valence-corrected chi connectivity index (χ2v) is 5.44. The molecule has 0 aliphatic carbocycles. The molecule has 20 heavy (non-hydrogen) atoms. The lowest BCUT2D eigenvalue weighted by Crippen LogP contribution is -2.15. The van der Waals surface area contributed by atoms with Gasteiger partial charge in [0.2, 0.25) is 0 Å². The monoisotopic (exact) mass is 361 g/mol. The number of methoxy groups -OCH3 is 1. The number of hydrogen-bond acceptors (Lipinski definition) is 2. The van der Waals surface area contributed by atoms with Crippen LogP contribution in [0, 0.1) is 11.6 Å². The Labute approximate surface area is 128 Å². The molecule has 0 radical (unpaired) electrons. The third-order valence-corrected chi connectivity index (χ3v) is 3.75. The van der Waals surface area contributed by atoms with E-state index in [0.29, 0.717) is 16.3 Å². The molecule has 0 aliphatic rings. The minimum atomic E-state index is -0.857. The Balaban J connectivity index is 2.51. The molecule has 106 valence electrons. The van der Waals surface area contributed by atoms with Gasteiger partial charge in [-0.05, 0) is 40.2 Å². The Hall–Kier alpha value is -1.17. The van der Waals surface area contributed by atoms with Gasteiger partial charge in [-0.3, -0.25) is 0 Å². The van der Waals surface area contributed by atoms with Gasteiger partial charge in [0.1, 0.15) is 17.4 Å². The maximum atomic E-state index is 13.9. The molecule has 0 aromatic heterocycles. The molecule has 1 atom stereocenters. The Morgan fingerprint density at radius 2 is 1.85 bits per heavy atom. The lowest BCUT2D eigenvalue weighted by Gasteiger charge is -2.17. The highest BCUT2D eigenvalue weighted by Crippen LogP contribution is 2.33. The Kier molecular flexibility index (Phi) is 4.62. The first kappa shape index (κ1) is 15.2. The van der Waals surface area contributed by atoms with Crippen molar-refractivity contribution in [1.82, 2.24) is 0 Å². The first-order valence-electron chi connectivity index (χ1n) is 5.67. The van der Waals surface area contributed by atoms with Crippen LogP contribution in [0.2, 0.25) is 5.02 Å². The molecule has 0 fully saturated rings.